The van der Waals surface area contributed by atoms with Crippen molar-refractivity contribution in [3.63, 3.8) is 0 Å². The lowest BCUT2D eigenvalue weighted by Gasteiger charge is -2.36. The molecule has 4 nitrogen and oxygen atoms in total. The third-order valence-corrected chi connectivity index (χ3v) is 3.61. The first kappa shape index (κ1) is 11.8. The highest BCUT2D eigenvalue weighted by Gasteiger charge is 2.24. The van der Waals surface area contributed by atoms with Gasteiger partial charge in [0, 0.05) is 18.8 Å². The molecule has 1 aliphatic heterocycles. The van der Waals surface area contributed by atoms with Gasteiger partial charge in [0.15, 0.2) is 0 Å². The Morgan fingerprint density at radius 1 is 1.50 bits per heavy atom. The molecule has 1 saturated heterocycles. The summed E-state index contributed by atoms with van der Waals surface area (Å²) in [5.74, 6) is 1.01. The lowest BCUT2D eigenvalue weighted by molar-refractivity contribution is 0.438. The molecular formula is C11H17BrN4. The third kappa shape index (κ3) is 2.52. The molecule has 2 rings (SSSR count). The van der Waals surface area contributed by atoms with Gasteiger partial charge < -0.3 is 10.6 Å². The highest BCUT2D eigenvalue weighted by Crippen LogP contribution is 2.29. The molecule has 0 bridgehead atoms. The van der Waals surface area contributed by atoms with Crippen LogP contribution >= 0.6 is 15.9 Å². The van der Waals surface area contributed by atoms with Gasteiger partial charge in [-0.15, -0.1) is 0 Å². The first-order valence-electron chi connectivity index (χ1n) is 5.75. The van der Waals surface area contributed by atoms with Crippen molar-refractivity contribution in [1.29, 1.82) is 0 Å². The summed E-state index contributed by atoms with van der Waals surface area (Å²) in [4.78, 5) is 10.7. The molecule has 1 unspecified atom stereocenters. The zero-order valence-electron chi connectivity index (χ0n) is 9.27. The second-order valence-corrected chi connectivity index (χ2v) is 4.97. The monoisotopic (exact) mass is 284 g/mol. The highest BCUT2D eigenvalue weighted by molar-refractivity contribution is 9.10. The minimum atomic E-state index is 0.532. The highest BCUT2D eigenvalue weighted by atomic mass is 79.9. The summed E-state index contributed by atoms with van der Waals surface area (Å²) in [6, 6.07) is 0.532. The van der Waals surface area contributed by atoms with E-state index in [0.717, 1.165) is 29.8 Å². The van der Waals surface area contributed by atoms with Crippen molar-refractivity contribution in [2.45, 2.75) is 31.7 Å². The van der Waals surface area contributed by atoms with Crippen molar-refractivity contribution in [1.82, 2.24) is 9.97 Å². The van der Waals surface area contributed by atoms with Gasteiger partial charge in [-0.3, -0.25) is 0 Å². The maximum atomic E-state index is 5.67. The number of halogens is 1. The second kappa shape index (κ2) is 5.59. The van der Waals surface area contributed by atoms with Crippen molar-refractivity contribution in [2.75, 3.05) is 18.0 Å². The van der Waals surface area contributed by atoms with Crippen LogP contribution in [0.1, 0.15) is 25.7 Å². The lowest BCUT2D eigenvalue weighted by Crippen LogP contribution is -2.41. The number of rotatable bonds is 3. The standard InChI is InChI=1S/C11H17BrN4/c12-10-7-14-8-15-11(10)16-6-2-1-3-9(16)4-5-13/h7-9H,1-6,13H2. The molecule has 0 aliphatic carbocycles. The second-order valence-electron chi connectivity index (χ2n) is 4.11. The molecular weight excluding hydrogens is 268 g/mol. The Kier molecular flexibility index (Phi) is 4.12. The van der Waals surface area contributed by atoms with Crippen LogP contribution < -0.4 is 10.6 Å². The number of piperidine rings is 1. The molecule has 88 valence electrons. The van der Waals surface area contributed by atoms with Gasteiger partial charge in [0.2, 0.25) is 0 Å². The van der Waals surface area contributed by atoms with Crippen molar-refractivity contribution < 1.29 is 0 Å². The fourth-order valence-corrected chi connectivity index (χ4v) is 2.74. The Morgan fingerprint density at radius 3 is 3.12 bits per heavy atom. The van der Waals surface area contributed by atoms with Crippen LogP contribution in [0, 0.1) is 0 Å². The molecule has 1 aromatic heterocycles. The van der Waals surface area contributed by atoms with Crippen LogP contribution in [-0.4, -0.2) is 29.1 Å². The molecule has 2 heterocycles. The van der Waals surface area contributed by atoms with Gasteiger partial charge in [-0.2, -0.15) is 0 Å². The smallest absolute Gasteiger partial charge is 0.146 e. The minimum absolute atomic E-state index is 0.532. The average Bonchev–Trinajstić information content (AvgIpc) is 2.31. The third-order valence-electron chi connectivity index (χ3n) is 3.05. The minimum Gasteiger partial charge on any atom is -0.353 e. The number of hydrogen-bond acceptors (Lipinski definition) is 4. The zero-order chi connectivity index (χ0) is 11.4. The van der Waals surface area contributed by atoms with Crippen LogP contribution in [0.5, 0.6) is 0 Å². The molecule has 1 aromatic rings. The number of aromatic nitrogens is 2. The normalized spacial score (nSPS) is 21.1. The molecule has 1 atom stereocenters. The molecule has 1 fully saturated rings. The van der Waals surface area contributed by atoms with E-state index >= 15 is 0 Å². The molecule has 0 amide bonds. The van der Waals surface area contributed by atoms with Crippen LogP contribution in [0.2, 0.25) is 0 Å². The summed E-state index contributed by atoms with van der Waals surface area (Å²) in [5, 5.41) is 0. The van der Waals surface area contributed by atoms with Crippen LogP contribution in [0.4, 0.5) is 5.82 Å². The number of anilines is 1. The Labute approximate surface area is 104 Å². The number of hydrogen-bond donors (Lipinski definition) is 1. The van der Waals surface area contributed by atoms with Crippen LogP contribution in [0.25, 0.3) is 0 Å². The van der Waals surface area contributed by atoms with Crippen molar-refractivity contribution in [3.8, 4) is 0 Å². The van der Waals surface area contributed by atoms with Gasteiger partial charge in [0.25, 0.3) is 0 Å². The van der Waals surface area contributed by atoms with E-state index in [2.05, 4.69) is 30.8 Å². The number of nitrogens with zero attached hydrogens (tertiary/aromatic N) is 3. The van der Waals surface area contributed by atoms with Gasteiger partial charge in [-0.1, -0.05) is 0 Å². The first-order chi connectivity index (χ1) is 7.83. The topological polar surface area (TPSA) is 55.0 Å². The van der Waals surface area contributed by atoms with E-state index in [-0.39, 0.29) is 0 Å². The zero-order valence-corrected chi connectivity index (χ0v) is 10.9. The van der Waals surface area contributed by atoms with Crippen LogP contribution in [0.3, 0.4) is 0 Å². The molecule has 2 N–H and O–H groups in total. The Hall–Kier alpha value is -0.680. The molecule has 0 saturated carbocycles. The maximum Gasteiger partial charge on any atom is 0.146 e. The van der Waals surface area contributed by atoms with Gasteiger partial charge in [-0.25, -0.2) is 9.97 Å². The van der Waals surface area contributed by atoms with Crippen LogP contribution in [0.15, 0.2) is 17.0 Å². The van der Waals surface area contributed by atoms with Gasteiger partial charge in [0.1, 0.15) is 12.1 Å². The molecule has 5 heteroatoms. The van der Waals surface area contributed by atoms with E-state index in [1.165, 1.54) is 19.3 Å². The Morgan fingerprint density at radius 2 is 2.38 bits per heavy atom. The van der Waals surface area contributed by atoms with E-state index in [1.54, 1.807) is 12.5 Å². The maximum absolute atomic E-state index is 5.67. The van der Waals surface area contributed by atoms with Crippen LogP contribution in [-0.2, 0) is 0 Å². The summed E-state index contributed by atoms with van der Waals surface area (Å²) in [7, 11) is 0. The van der Waals surface area contributed by atoms with E-state index in [0.29, 0.717) is 6.04 Å². The number of nitrogens with two attached hydrogens (primary N) is 1. The summed E-state index contributed by atoms with van der Waals surface area (Å²) in [5.41, 5.74) is 5.67. The van der Waals surface area contributed by atoms with Crippen molar-refractivity contribution in [3.05, 3.63) is 17.0 Å². The van der Waals surface area contributed by atoms with E-state index in [1.807, 2.05) is 0 Å². The summed E-state index contributed by atoms with van der Waals surface area (Å²) < 4.78 is 0.971. The summed E-state index contributed by atoms with van der Waals surface area (Å²) in [6.45, 7) is 1.81. The van der Waals surface area contributed by atoms with Crippen molar-refractivity contribution >= 4 is 21.7 Å². The molecule has 0 spiro atoms. The van der Waals surface area contributed by atoms with Gasteiger partial charge in [0.05, 0.1) is 4.47 Å². The van der Waals surface area contributed by atoms with Gasteiger partial charge in [-0.05, 0) is 48.2 Å². The molecule has 1 aliphatic rings. The fraction of sp³-hybridized carbons (Fsp3) is 0.636. The largest absolute Gasteiger partial charge is 0.353 e. The summed E-state index contributed by atoms with van der Waals surface area (Å²) >= 11 is 3.51. The fourth-order valence-electron chi connectivity index (χ4n) is 2.29. The Bertz CT molecular complexity index is 343. The SMILES string of the molecule is NCCC1CCCCN1c1ncncc1Br. The van der Waals surface area contributed by atoms with Gasteiger partial charge >= 0.3 is 0 Å². The summed E-state index contributed by atoms with van der Waals surface area (Å²) in [6.07, 6.45) is 8.19. The molecule has 16 heavy (non-hydrogen) atoms. The van der Waals surface area contributed by atoms with Crippen molar-refractivity contribution in [2.24, 2.45) is 5.73 Å². The molecule has 0 radical (unpaired) electrons. The van der Waals surface area contributed by atoms with E-state index in [4.69, 9.17) is 5.73 Å². The lowest BCUT2D eigenvalue weighted by atomic mass is 9.99. The predicted octanol–water partition coefficient (Wildman–Crippen LogP) is 1.95. The Balaban J connectivity index is 2.19. The van der Waals surface area contributed by atoms with E-state index < -0.39 is 0 Å². The quantitative estimate of drug-likeness (QED) is 0.922. The average molecular weight is 285 g/mol. The first-order valence-corrected chi connectivity index (χ1v) is 6.54. The predicted molar refractivity (Wildman–Crippen MR) is 68.4 cm³/mol. The van der Waals surface area contributed by atoms with E-state index in [9.17, 15) is 0 Å². The molecule has 0 aromatic carbocycles.